The third-order valence-electron chi connectivity index (χ3n) is 2.37. The van der Waals surface area contributed by atoms with Gasteiger partial charge in [-0.2, -0.15) is 9.36 Å². The Labute approximate surface area is 134 Å². The summed E-state index contributed by atoms with van der Waals surface area (Å²) in [5.74, 6) is -0.815. The van der Waals surface area contributed by atoms with Crippen molar-refractivity contribution in [2.75, 3.05) is 18.5 Å². The number of carbonyl (C=O) groups excluding carboxylic acids is 1. The van der Waals surface area contributed by atoms with Gasteiger partial charge in [-0.3, -0.25) is 4.79 Å². The van der Waals surface area contributed by atoms with Crippen molar-refractivity contribution < 1.29 is 24.3 Å². The molecule has 2 rings (SSSR count). The van der Waals surface area contributed by atoms with Crippen LogP contribution < -0.4 is 10.1 Å². The van der Waals surface area contributed by atoms with Crippen LogP contribution in [0, 0.1) is 0 Å². The molecule has 0 fully saturated rings. The maximum Gasteiger partial charge on any atom is 0.362 e. The number of nitrogens with zero attached hydrogens (tertiary/aromatic N) is 3. The minimum atomic E-state index is -1.34. The summed E-state index contributed by atoms with van der Waals surface area (Å²) in [7, 11) is 0. The summed E-state index contributed by atoms with van der Waals surface area (Å²) < 4.78 is 9.16. The molecule has 0 atom stereocenters. The monoisotopic (exact) mass is 336 g/mol. The number of oxime groups is 1. The van der Waals surface area contributed by atoms with Gasteiger partial charge in [0.25, 0.3) is 0 Å². The van der Waals surface area contributed by atoms with Crippen molar-refractivity contribution >= 4 is 34.8 Å². The molecular weight excluding hydrogens is 324 g/mol. The Morgan fingerprint density at radius 2 is 2.13 bits per heavy atom. The number of carboxylic acid groups (broad SMARTS) is 1. The molecule has 0 aliphatic carbocycles. The van der Waals surface area contributed by atoms with Gasteiger partial charge in [-0.25, -0.2) is 4.79 Å². The van der Waals surface area contributed by atoms with E-state index in [4.69, 9.17) is 14.7 Å². The second-order valence-corrected chi connectivity index (χ2v) is 4.68. The molecule has 0 radical (unpaired) electrons. The molecule has 0 aliphatic heterocycles. The van der Waals surface area contributed by atoms with E-state index < -0.39 is 11.7 Å². The first-order valence-electron chi connectivity index (χ1n) is 6.36. The smallest absolute Gasteiger partial charge is 0.362 e. The zero-order valence-corrected chi connectivity index (χ0v) is 12.5. The van der Waals surface area contributed by atoms with Gasteiger partial charge < -0.3 is 20.0 Å². The summed E-state index contributed by atoms with van der Waals surface area (Å²) in [5.41, 5.74) is -0.458. The van der Waals surface area contributed by atoms with Gasteiger partial charge in [-0.05, 0) is 12.1 Å². The molecule has 0 saturated heterocycles. The Hall–Kier alpha value is -3.01. The molecule has 0 bridgehead atoms. The maximum absolute atomic E-state index is 11.1. The van der Waals surface area contributed by atoms with Crippen molar-refractivity contribution in [2.45, 2.75) is 0 Å². The van der Waals surface area contributed by atoms with E-state index in [0.29, 0.717) is 12.2 Å². The van der Waals surface area contributed by atoms with Crippen LogP contribution in [0.15, 0.2) is 35.5 Å². The van der Waals surface area contributed by atoms with Crippen LogP contribution in [0.2, 0.25) is 0 Å². The number of benzene rings is 1. The summed E-state index contributed by atoms with van der Waals surface area (Å²) in [6.45, 7) is 0.248. The number of carboxylic acids is 1. The standard InChI is InChI=1S/C13H12N4O5S/c18-8-14-13-15-11(17-23-13)10(12(19)20)16-22-7-6-21-9-4-2-1-3-5-9/h1-5,8H,6-7H2,(H,19,20)(H,14,15,17,18). The average Bonchev–Trinajstić information content (AvgIpc) is 3.00. The topological polar surface area (TPSA) is 123 Å². The number of amides is 1. The van der Waals surface area contributed by atoms with Crippen LogP contribution in [-0.2, 0) is 14.4 Å². The van der Waals surface area contributed by atoms with E-state index in [0.717, 1.165) is 11.5 Å². The van der Waals surface area contributed by atoms with Crippen molar-refractivity contribution in [2.24, 2.45) is 5.16 Å². The number of para-hydroxylation sites is 1. The van der Waals surface area contributed by atoms with E-state index in [1.165, 1.54) is 0 Å². The molecule has 10 heteroatoms. The van der Waals surface area contributed by atoms with Gasteiger partial charge >= 0.3 is 5.97 Å². The van der Waals surface area contributed by atoms with Crippen LogP contribution in [0.1, 0.15) is 5.82 Å². The SMILES string of the molecule is O=CNc1nc(C(=NOCCOc2ccccc2)C(=O)O)ns1. The predicted molar refractivity (Wildman–Crippen MR) is 81.7 cm³/mol. The lowest BCUT2D eigenvalue weighted by atomic mass is 10.3. The summed E-state index contributed by atoms with van der Waals surface area (Å²) in [6, 6.07) is 9.09. The lowest BCUT2D eigenvalue weighted by Gasteiger charge is -2.04. The molecule has 2 N–H and O–H groups in total. The molecule has 0 aliphatic rings. The van der Waals surface area contributed by atoms with Crippen molar-refractivity contribution in [3.63, 3.8) is 0 Å². The predicted octanol–water partition coefficient (Wildman–Crippen LogP) is 0.991. The van der Waals surface area contributed by atoms with Gasteiger partial charge in [-0.15, -0.1) is 0 Å². The maximum atomic E-state index is 11.1. The number of rotatable bonds is 9. The number of hydrogen-bond donors (Lipinski definition) is 2. The normalized spacial score (nSPS) is 10.9. The first-order valence-corrected chi connectivity index (χ1v) is 7.13. The van der Waals surface area contributed by atoms with Gasteiger partial charge in [0.1, 0.15) is 12.4 Å². The zero-order chi connectivity index (χ0) is 16.5. The number of aliphatic carboxylic acids is 1. The molecule has 2 aromatic rings. The van der Waals surface area contributed by atoms with Crippen molar-refractivity contribution in [1.82, 2.24) is 9.36 Å². The zero-order valence-electron chi connectivity index (χ0n) is 11.7. The molecule has 23 heavy (non-hydrogen) atoms. The molecule has 0 saturated carbocycles. The highest BCUT2D eigenvalue weighted by Crippen LogP contribution is 2.11. The lowest BCUT2D eigenvalue weighted by Crippen LogP contribution is -2.17. The van der Waals surface area contributed by atoms with Crippen LogP contribution in [0.25, 0.3) is 0 Å². The van der Waals surface area contributed by atoms with E-state index >= 15 is 0 Å². The Balaban J connectivity index is 1.88. The Kier molecular flexibility index (Phi) is 6.00. The van der Waals surface area contributed by atoms with Gasteiger partial charge in [0.05, 0.1) is 0 Å². The number of hydrogen-bond acceptors (Lipinski definition) is 8. The van der Waals surface area contributed by atoms with Crippen LogP contribution in [0.3, 0.4) is 0 Å². The van der Waals surface area contributed by atoms with E-state index in [2.05, 4.69) is 19.8 Å². The quantitative estimate of drug-likeness (QED) is 0.303. The van der Waals surface area contributed by atoms with Crippen LogP contribution >= 0.6 is 11.5 Å². The minimum Gasteiger partial charge on any atom is -0.490 e. The number of anilines is 1. The van der Waals surface area contributed by atoms with E-state index in [-0.39, 0.29) is 24.2 Å². The van der Waals surface area contributed by atoms with E-state index in [1.54, 1.807) is 12.1 Å². The van der Waals surface area contributed by atoms with Gasteiger partial charge in [-0.1, -0.05) is 23.4 Å². The minimum absolute atomic E-state index is 0.0508. The van der Waals surface area contributed by atoms with Gasteiger partial charge in [0.2, 0.25) is 23.1 Å². The van der Waals surface area contributed by atoms with Crippen LogP contribution in [0.5, 0.6) is 5.75 Å². The van der Waals surface area contributed by atoms with Gasteiger partial charge in [0.15, 0.2) is 6.61 Å². The van der Waals surface area contributed by atoms with Crippen molar-refractivity contribution in [3.05, 3.63) is 36.2 Å². The number of carbonyl (C=O) groups is 2. The molecule has 120 valence electrons. The largest absolute Gasteiger partial charge is 0.490 e. The summed E-state index contributed by atoms with van der Waals surface area (Å²) in [4.78, 5) is 30.2. The molecule has 0 spiro atoms. The molecule has 1 heterocycles. The summed E-state index contributed by atoms with van der Waals surface area (Å²) >= 11 is 0.833. The highest BCUT2D eigenvalue weighted by molar-refractivity contribution is 7.10. The fourth-order valence-corrected chi connectivity index (χ4v) is 1.96. The molecule has 0 unspecified atom stereocenters. The third kappa shape index (κ3) is 5.04. The van der Waals surface area contributed by atoms with E-state index in [9.17, 15) is 9.59 Å². The molecule has 1 amide bonds. The molecular formula is C13H12N4O5S. The van der Waals surface area contributed by atoms with Gasteiger partial charge in [0, 0.05) is 11.5 Å². The third-order valence-corrected chi connectivity index (χ3v) is 3.01. The summed E-state index contributed by atoms with van der Waals surface area (Å²) in [5, 5.41) is 15.0. The fraction of sp³-hybridized carbons (Fsp3) is 0.154. The number of nitrogens with one attached hydrogen (secondary N) is 1. The average molecular weight is 336 g/mol. The highest BCUT2D eigenvalue weighted by atomic mass is 32.1. The first-order chi connectivity index (χ1) is 11.2. The molecule has 9 nitrogen and oxygen atoms in total. The Morgan fingerprint density at radius 1 is 1.35 bits per heavy atom. The molecule has 1 aromatic heterocycles. The van der Waals surface area contributed by atoms with Crippen molar-refractivity contribution in [1.29, 1.82) is 0 Å². The number of aromatic nitrogens is 2. The summed E-state index contributed by atoms with van der Waals surface area (Å²) in [6.07, 6.45) is 0.416. The van der Waals surface area contributed by atoms with Crippen molar-refractivity contribution in [3.8, 4) is 5.75 Å². The fourth-order valence-electron chi connectivity index (χ4n) is 1.43. The van der Waals surface area contributed by atoms with E-state index in [1.807, 2.05) is 18.2 Å². The first kappa shape index (κ1) is 16.4. The highest BCUT2D eigenvalue weighted by Gasteiger charge is 2.19. The lowest BCUT2D eigenvalue weighted by molar-refractivity contribution is -0.129. The number of ether oxygens (including phenoxy) is 1. The Morgan fingerprint density at radius 3 is 2.83 bits per heavy atom. The molecule has 1 aromatic carbocycles. The second kappa shape index (κ2) is 8.44. The van der Waals surface area contributed by atoms with Crippen LogP contribution in [0.4, 0.5) is 5.13 Å². The second-order valence-electron chi connectivity index (χ2n) is 3.93. The Bertz CT molecular complexity index is 689. The van der Waals surface area contributed by atoms with Crippen LogP contribution in [-0.4, -0.2) is 45.8 Å².